The first-order valence-electron chi connectivity index (χ1n) is 19.0. The summed E-state index contributed by atoms with van der Waals surface area (Å²) in [5.74, 6) is -3.26. The van der Waals surface area contributed by atoms with E-state index in [1.165, 1.54) is 13.0 Å². The zero-order valence-corrected chi connectivity index (χ0v) is 33.0. The van der Waals surface area contributed by atoms with Crippen molar-refractivity contribution in [3.63, 3.8) is 0 Å². The molecule has 4 saturated heterocycles. The van der Waals surface area contributed by atoms with E-state index < -0.39 is 97.2 Å². The van der Waals surface area contributed by atoms with Crippen molar-refractivity contribution in [3.8, 4) is 0 Å². The van der Waals surface area contributed by atoms with Gasteiger partial charge in [-0.15, -0.1) is 0 Å². The Morgan fingerprint density at radius 1 is 0.754 bits per heavy atom. The van der Waals surface area contributed by atoms with Crippen molar-refractivity contribution in [2.75, 3.05) is 26.4 Å². The normalized spacial score (nSPS) is 31.6. The molecule has 57 heavy (non-hydrogen) atoms. The van der Waals surface area contributed by atoms with E-state index in [1.807, 2.05) is 30.3 Å². The summed E-state index contributed by atoms with van der Waals surface area (Å²) in [7, 11) is 0. The summed E-state index contributed by atoms with van der Waals surface area (Å²) < 4.78 is 79.5. The van der Waals surface area contributed by atoms with E-state index in [-0.39, 0.29) is 33.0 Å². The monoisotopic (exact) mass is 800 g/mol. The van der Waals surface area contributed by atoms with Gasteiger partial charge in [0, 0.05) is 6.92 Å². The molecule has 312 valence electrons. The van der Waals surface area contributed by atoms with E-state index in [1.54, 1.807) is 65.0 Å². The van der Waals surface area contributed by atoms with Crippen molar-refractivity contribution >= 4 is 18.1 Å². The van der Waals surface area contributed by atoms with Gasteiger partial charge in [-0.25, -0.2) is 9.59 Å². The molecule has 16 heteroatoms. The second-order valence-electron chi connectivity index (χ2n) is 14.7. The van der Waals surface area contributed by atoms with Crippen LogP contribution in [-0.4, -0.2) is 118 Å². The van der Waals surface area contributed by atoms with Crippen molar-refractivity contribution < 1.29 is 76.0 Å². The molecule has 0 N–H and O–H groups in total. The number of ether oxygens (including phenoxy) is 13. The number of carbonyl (C=O) groups excluding carboxylic acids is 3. The third-order valence-corrected chi connectivity index (χ3v) is 9.45. The Morgan fingerprint density at radius 3 is 2.11 bits per heavy atom. The van der Waals surface area contributed by atoms with Crippen LogP contribution >= 0.6 is 0 Å². The van der Waals surface area contributed by atoms with E-state index in [4.69, 9.17) is 61.6 Å². The number of esters is 2. The molecule has 0 radical (unpaired) electrons. The Morgan fingerprint density at radius 2 is 1.42 bits per heavy atom. The fraction of sp³-hybridized carbons (Fsp3) is 0.585. The Labute approximate surface area is 331 Å². The second-order valence-corrected chi connectivity index (χ2v) is 14.7. The number of carbonyl (C=O) groups is 3. The lowest BCUT2D eigenvalue weighted by Crippen LogP contribution is -2.63. The zero-order chi connectivity index (χ0) is 40.7. The van der Waals surface area contributed by atoms with Crippen LogP contribution in [0.1, 0.15) is 58.8 Å². The summed E-state index contributed by atoms with van der Waals surface area (Å²) in [4.78, 5) is 39.1. The summed E-state index contributed by atoms with van der Waals surface area (Å²) in [5, 5.41) is 0. The summed E-state index contributed by atoms with van der Waals surface area (Å²) in [5.41, 5.74) is 1.22. The van der Waals surface area contributed by atoms with Crippen LogP contribution in [0.5, 0.6) is 0 Å². The molecule has 6 rings (SSSR count). The molecule has 0 saturated carbocycles. The molecule has 0 amide bonds. The molecule has 16 nitrogen and oxygen atoms in total. The summed E-state index contributed by atoms with van der Waals surface area (Å²) in [6.07, 6.45) is -11.0. The highest BCUT2D eigenvalue weighted by atomic mass is 16.9. The highest BCUT2D eigenvalue weighted by Gasteiger charge is 2.61. The maximum atomic E-state index is 13.6. The lowest BCUT2D eigenvalue weighted by Gasteiger charge is -2.46. The molecular formula is C41H52O16. The minimum atomic E-state index is -1.42. The number of benzene rings is 2. The molecule has 4 heterocycles. The van der Waals surface area contributed by atoms with Gasteiger partial charge in [0.1, 0.15) is 55.9 Å². The van der Waals surface area contributed by atoms with Crippen molar-refractivity contribution in [2.24, 2.45) is 0 Å². The molecule has 11 atom stereocenters. The number of fused-ring (bicyclic) bond motifs is 3. The van der Waals surface area contributed by atoms with E-state index in [9.17, 15) is 14.4 Å². The fourth-order valence-electron chi connectivity index (χ4n) is 7.16. The van der Waals surface area contributed by atoms with Crippen LogP contribution in [0, 0.1) is 0 Å². The molecule has 2 aromatic rings. The molecule has 4 fully saturated rings. The van der Waals surface area contributed by atoms with Crippen LogP contribution in [0.2, 0.25) is 0 Å². The number of hydrogen-bond donors (Lipinski definition) is 0. The number of hydrogen-bond acceptors (Lipinski definition) is 16. The quantitative estimate of drug-likeness (QED) is 0.130. The summed E-state index contributed by atoms with van der Waals surface area (Å²) in [6.45, 7) is 13.0. The van der Waals surface area contributed by atoms with Crippen molar-refractivity contribution in [1.82, 2.24) is 0 Å². The van der Waals surface area contributed by atoms with Crippen molar-refractivity contribution in [2.45, 2.75) is 127 Å². The van der Waals surface area contributed by atoms with Crippen LogP contribution in [-0.2, 0) is 77.8 Å². The van der Waals surface area contributed by atoms with Gasteiger partial charge in [-0.05, 0) is 45.7 Å². The first-order chi connectivity index (χ1) is 27.3. The van der Waals surface area contributed by atoms with Gasteiger partial charge in [0.15, 0.2) is 36.4 Å². The van der Waals surface area contributed by atoms with Crippen LogP contribution in [0.3, 0.4) is 0 Å². The number of rotatable bonds is 16. The first-order valence-corrected chi connectivity index (χ1v) is 19.0. The Kier molecular flexibility index (Phi) is 14.0. The molecule has 0 bridgehead atoms. The fourth-order valence-corrected chi connectivity index (χ4v) is 7.16. The topological polar surface area (TPSA) is 171 Å². The predicted molar refractivity (Wildman–Crippen MR) is 196 cm³/mol. The predicted octanol–water partition coefficient (Wildman–Crippen LogP) is 4.67. The standard InChI is InChI=1S/C41H52O16/c1-8-20-46-39(44)53-32-30(48-21-25-16-12-10-13-17-25)27(22-47-24(3)42)50-37(34(32)52-29(36(43)45-9-2)26-18-14-11-15-19-26)49-23-28-31-33(55-40(4,5)54-31)35-38(51-28)57-41(6,7)56-35/h8,10-19,27-35,37-38H,1,9,20-23H2,2-7H3/t27-,28-,29+,30-,31+,32+,33+,34-,35-,37-,38-/m1/s1. The average molecular weight is 801 g/mol. The summed E-state index contributed by atoms with van der Waals surface area (Å²) in [6, 6.07) is 17.9. The van der Waals surface area contributed by atoms with Gasteiger partial charge in [0.2, 0.25) is 0 Å². The van der Waals surface area contributed by atoms with E-state index >= 15 is 0 Å². The SMILES string of the molecule is C=CCOC(=O)O[C@@H]1[C@@H](O[C@H](C(=O)OCC)c2ccccc2)[C@H](OC[C@H]2O[C@@H]3OC(C)(C)O[C@@H]3[C@H]3OC(C)(C)O[C@H]32)O[C@H](COC(C)=O)[C@H]1OCc1ccccc1. The molecule has 0 unspecified atom stereocenters. The third-order valence-electron chi connectivity index (χ3n) is 9.45. The Hall–Kier alpha value is -3.97. The van der Waals surface area contributed by atoms with Crippen molar-refractivity contribution in [1.29, 1.82) is 0 Å². The van der Waals surface area contributed by atoms with E-state index in [0.29, 0.717) is 5.56 Å². The van der Waals surface area contributed by atoms with Crippen molar-refractivity contribution in [3.05, 3.63) is 84.4 Å². The zero-order valence-electron chi connectivity index (χ0n) is 33.0. The summed E-state index contributed by atoms with van der Waals surface area (Å²) >= 11 is 0. The van der Waals surface area contributed by atoms with E-state index in [2.05, 4.69) is 6.58 Å². The molecule has 2 aromatic carbocycles. The smallest absolute Gasteiger partial charge is 0.464 e. The Balaban J connectivity index is 1.37. The third kappa shape index (κ3) is 10.8. The first kappa shape index (κ1) is 42.6. The highest BCUT2D eigenvalue weighted by molar-refractivity contribution is 5.76. The van der Waals surface area contributed by atoms with Crippen LogP contribution in [0.15, 0.2) is 73.3 Å². The molecule has 0 spiro atoms. The molecular weight excluding hydrogens is 748 g/mol. The van der Waals surface area contributed by atoms with E-state index in [0.717, 1.165) is 5.56 Å². The molecule has 4 aliphatic rings. The van der Waals surface area contributed by atoms with Gasteiger partial charge in [-0.1, -0.05) is 73.3 Å². The van der Waals surface area contributed by atoms with Gasteiger partial charge in [0.05, 0.1) is 19.8 Å². The maximum Gasteiger partial charge on any atom is 0.509 e. The minimum Gasteiger partial charge on any atom is -0.464 e. The maximum absolute atomic E-state index is 13.6. The van der Waals surface area contributed by atoms with Crippen LogP contribution < -0.4 is 0 Å². The van der Waals surface area contributed by atoms with Gasteiger partial charge in [-0.3, -0.25) is 4.79 Å². The van der Waals surface area contributed by atoms with Gasteiger partial charge in [-0.2, -0.15) is 0 Å². The second kappa shape index (κ2) is 18.7. The van der Waals surface area contributed by atoms with Crippen LogP contribution in [0.25, 0.3) is 0 Å². The lowest BCUT2D eigenvalue weighted by atomic mass is 9.97. The van der Waals surface area contributed by atoms with Gasteiger partial charge >= 0.3 is 18.1 Å². The molecule has 0 aromatic heterocycles. The van der Waals surface area contributed by atoms with Gasteiger partial charge in [0.25, 0.3) is 0 Å². The Bertz CT molecular complexity index is 1650. The minimum absolute atomic E-state index is 0.0261. The molecule has 4 aliphatic heterocycles. The largest absolute Gasteiger partial charge is 0.509 e. The lowest BCUT2D eigenvalue weighted by molar-refractivity contribution is -0.333. The average Bonchev–Trinajstić information content (AvgIpc) is 3.68. The molecule has 0 aliphatic carbocycles. The highest BCUT2D eigenvalue weighted by Crippen LogP contribution is 2.44. The van der Waals surface area contributed by atoms with Crippen LogP contribution in [0.4, 0.5) is 4.79 Å². The van der Waals surface area contributed by atoms with Gasteiger partial charge < -0.3 is 61.6 Å².